The van der Waals surface area contributed by atoms with Gasteiger partial charge in [-0.2, -0.15) is 0 Å². The van der Waals surface area contributed by atoms with E-state index in [2.05, 4.69) is 86.7 Å². The van der Waals surface area contributed by atoms with Gasteiger partial charge in [0.1, 0.15) is 0 Å². The molecule has 3 heteroatoms. The van der Waals surface area contributed by atoms with Crippen LogP contribution in [0.25, 0.3) is 5.70 Å². The van der Waals surface area contributed by atoms with Crippen molar-refractivity contribution in [3.63, 3.8) is 0 Å². The van der Waals surface area contributed by atoms with E-state index >= 15 is 0 Å². The Morgan fingerprint density at radius 3 is 2.47 bits per heavy atom. The summed E-state index contributed by atoms with van der Waals surface area (Å²) in [5.74, 6) is 0.558. The molecule has 1 aliphatic carbocycles. The van der Waals surface area contributed by atoms with Gasteiger partial charge < -0.3 is 16.4 Å². The molecule has 3 nitrogen and oxygen atoms in total. The molecule has 2 aromatic rings. The van der Waals surface area contributed by atoms with Crippen molar-refractivity contribution >= 4 is 11.4 Å². The first-order valence-electron chi connectivity index (χ1n) is 14.0. The summed E-state index contributed by atoms with van der Waals surface area (Å²) in [6, 6.07) is 15.6. The first kappa shape index (κ1) is 29.9. The summed E-state index contributed by atoms with van der Waals surface area (Å²) < 4.78 is 0. The monoisotopic (exact) mass is 489 g/mol. The van der Waals surface area contributed by atoms with Crippen molar-refractivity contribution in [2.75, 3.05) is 18.9 Å². The van der Waals surface area contributed by atoms with E-state index < -0.39 is 0 Å². The topological polar surface area (TPSA) is 50.1 Å². The van der Waals surface area contributed by atoms with Gasteiger partial charge in [0.2, 0.25) is 0 Å². The molecule has 0 aromatic heterocycles. The average molecular weight is 490 g/mol. The zero-order chi connectivity index (χ0) is 26.4. The van der Waals surface area contributed by atoms with Crippen LogP contribution in [0, 0.1) is 12.8 Å². The van der Waals surface area contributed by atoms with E-state index in [1.54, 1.807) is 0 Å². The molecular weight excluding hydrogens is 438 g/mol. The third kappa shape index (κ3) is 8.94. The normalized spacial score (nSPS) is 19.3. The molecule has 2 unspecified atom stereocenters. The van der Waals surface area contributed by atoms with Crippen molar-refractivity contribution in [2.24, 2.45) is 11.7 Å². The standard InChI is InChI=1S/C31H47N3.C2H4/c1-5-6-7-8-11-26-13-15-27(16-14-26)25(3)34-30-18-17-28(24(2)22-30)23-29-12-9-10-19-31(29,32)20-21-33-4;1-2/h13-18,22,29,33-34H,3,5-12,19-21,23,32H2,1-2,4H3;1-2H2. The van der Waals surface area contributed by atoms with Crippen LogP contribution >= 0.6 is 0 Å². The van der Waals surface area contributed by atoms with Gasteiger partial charge in [-0.3, -0.25) is 0 Å². The van der Waals surface area contributed by atoms with Gasteiger partial charge in [-0.1, -0.05) is 75.9 Å². The second kappa shape index (κ2) is 15.7. The first-order chi connectivity index (χ1) is 17.4. The van der Waals surface area contributed by atoms with Crippen LogP contribution in [0.4, 0.5) is 5.69 Å². The zero-order valence-corrected chi connectivity index (χ0v) is 23.3. The highest BCUT2D eigenvalue weighted by Crippen LogP contribution is 2.37. The minimum absolute atomic E-state index is 0.0406. The highest BCUT2D eigenvalue weighted by Gasteiger charge is 2.36. The van der Waals surface area contributed by atoms with Gasteiger partial charge in [0, 0.05) is 16.9 Å². The summed E-state index contributed by atoms with van der Waals surface area (Å²) in [5, 5.41) is 6.82. The van der Waals surface area contributed by atoms with E-state index in [1.807, 2.05) is 7.05 Å². The predicted octanol–water partition coefficient (Wildman–Crippen LogP) is 8.04. The molecular formula is C33H51N3. The van der Waals surface area contributed by atoms with Crippen LogP contribution in [-0.4, -0.2) is 19.1 Å². The van der Waals surface area contributed by atoms with Crippen LogP contribution < -0.4 is 16.4 Å². The second-order valence-electron chi connectivity index (χ2n) is 10.5. The molecule has 1 aliphatic rings. The lowest BCUT2D eigenvalue weighted by atomic mass is 9.69. The van der Waals surface area contributed by atoms with Crippen LogP contribution in [0.1, 0.15) is 87.0 Å². The highest BCUT2D eigenvalue weighted by atomic mass is 14.9. The summed E-state index contributed by atoms with van der Waals surface area (Å²) in [7, 11) is 2.02. The Kier molecular flexibility index (Phi) is 13.0. The Morgan fingerprint density at radius 1 is 1.06 bits per heavy atom. The molecule has 3 rings (SSSR count). The van der Waals surface area contributed by atoms with Gasteiger partial charge in [0.25, 0.3) is 0 Å². The highest BCUT2D eigenvalue weighted by molar-refractivity contribution is 5.75. The summed E-state index contributed by atoms with van der Waals surface area (Å²) >= 11 is 0. The number of nitrogens with two attached hydrogens (primary N) is 1. The van der Waals surface area contributed by atoms with Gasteiger partial charge >= 0.3 is 0 Å². The minimum atomic E-state index is -0.0406. The molecule has 0 spiro atoms. The largest absolute Gasteiger partial charge is 0.356 e. The van der Waals surface area contributed by atoms with Gasteiger partial charge in [0.05, 0.1) is 0 Å². The number of unbranched alkanes of at least 4 members (excludes halogenated alkanes) is 3. The summed E-state index contributed by atoms with van der Waals surface area (Å²) in [6.45, 7) is 15.8. The van der Waals surface area contributed by atoms with Crippen molar-refractivity contribution in [2.45, 2.75) is 90.0 Å². The van der Waals surface area contributed by atoms with Crippen LogP contribution in [0.3, 0.4) is 0 Å². The number of anilines is 1. The smallest absolute Gasteiger partial charge is 0.0387 e. The third-order valence-electron chi connectivity index (χ3n) is 7.82. The summed E-state index contributed by atoms with van der Waals surface area (Å²) in [4.78, 5) is 0. The summed E-state index contributed by atoms with van der Waals surface area (Å²) in [5.41, 5.74) is 14.3. The third-order valence-corrected chi connectivity index (χ3v) is 7.82. The number of rotatable bonds is 13. The quantitative estimate of drug-likeness (QED) is 0.197. The van der Waals surface area contributed by atoms with Crippen molar-refractivity contribution in [1.29, 1.82) is 0 Å². The Hall–Kier alpha value is -2.36. The van der Waals surface area contributed by atoms with Crippen molar-refractivity contribution in [3.05, 3.63) is 84.5 Å². The van der Waals surface area contributed by atoms with Crippen molar-refractivity contribution in [1.82, 2.24) is 5.32 Å². The van der Waals surface area contributed by atoms with Crippen LogP contribution in [0.5, 0.6) is 0 Å². The number of benzene rings is 2. The lowest BCUT2D eigenvalue weighted by molar-refractivity contribution is 0.175. The molecule has 0 bridgehead atoms. The Bertz CT molecular complexity index is 917. The van der Waals surface area contributed by atoms with E-state index in [0.29, 0.717) is 5.92 Å². The number of aryl methyl sites for hydroxylation is 2. The molecule has 198 valence electrons. The SMILES string of the molecule is C=C.C=C(Nc1ccc(CC2CCCCC2(N)CCNC)c(C)c1)c1ccc(CCCCCC)cc1. The van der Waals surface area contributed by atoms with Gasteiger partial charge in [0.15, 0.2) is 0 Å². The molecule has 1 saturated carbocycles. The Balaban J connectivity index is 0.00000222. The zero-order valence-electron chi connectivity index (χ0n) is 23.3. The van der Waals surface area contributed by atoms with E-state index in [4.69, 9.17) is 5.73 Å². The maximum atomic E-state index is 6.93. The fourth-order valence-corrected chi connectivity index (χ4v) is 5.47. The minimum Gasteiger partial charge on any atom is -0.356 e. The molecule has 2 aromatic carbocycles. The molecule has 4 N–H and O–H groups in total. The maximum Gasteiger partial charge on any atom is 0.0387 e. The average Bonchev–Trinajstić information content (AvgIpc) is 2.90. The molecule has 0 amide bonds. The molecule has 36 heavy (non-hydrogen) atoms. The lowest BCUT2D eigenvalue weighted by Crippen LogP contribution is -2.51. The molecule has 0 radical (unpaired) electrons. The van der Waals surface area contributed by atoms with Crippen molar-refractivity contribution in [3.8, 4) is 0 Å². The van der Waals surface area contributed by atoms with E-state index in [9.17, 15) is 0 Å². The number of hydrogen-bond donors (Lipinski definition) is 3. The molecule has 0 aliphatic heterocycles. The Morgan fingerprint density at radius 2 is 1.81 bits per heavy atom. The second-order valence-corrected chi connectivity index (χ2v) is 10.5. The fourth-order valence-electron chi connectivity index (χ4n) is 5.47. The summed E-state index contributed by atoms with van der Waals surface area (Å²) in [6.07, 6.45) is 13.5. The maximum absolute atomic E-state index is 6.93. The molecule has 0 saturated heterocycles. The molecule has 2 atom stereocenters. The van der Waals surface area contributed by atoms with Gasteiger partial charge in [-0.25, -0.2) is 0 Å². The van der Waals surface area contributed by atoms with Crippen LogP contribution in [0.2, 0.25) is 0 Å². The molecule has 1 fully saturated rings. The molecule has 0 heterocycles. The lowest BCUT2D eigenvalue weighted by Gasteiger charge is -2.42. The van der Waals surface area contributed by atoms with Crippen LogP contribution in [0.15, 0.2) is 62.2 Å². The van der Waals surface area contributed by atoms with Crippen LogP contribution in [-0.2, 0) is 12.8 Å². The van der Waals surface area contributed by atoms with E-state index in [0.717, 1.165) is 42.8 Å². The van der Waals surface area contributed by atoms with Gasteiger partial charge in [-0.15, -0.1) is 13.2 Å². The number of nitrogens with one attached hydrogen (secondary N) is 2. The predicted molar refractivity (Wildman–Crippen MR) is 161 cm³/mol. The van der Waals surface area contributed by atoms with Gasteiger partial charge in [-0.05, 0) is 99.3 Å². The Labute approximate surface area is 221 Å². The number of hydrogen-bond acceptors (Lipinski definition) is 3. The van der Waals surface area contributed by atoms with E-state index in [-0.39, 0.29) is 5.54 Å². The fraction of sp³-hybridized carbons (Fsp3) is 0.515. The first-order valence-corrected chi connectivity index (χ1v) is 14.0. The van der Waals surface area contributed by atoms with Crippen molar-refractivity contribution < 1.29 is 0 Å². The van der Waals surface area contributed by atoms with E-state index in [1.165, 1.54) is 68.1 Å².